The van der Waals surface area contributed by atoms with Crippen LogP contribution in [-0.4, -0.2) is 0 Å². The molecule has 0 amide bonds. The van der Waals surface area contributed by atoms with Gasteiger partial charge in [0.05, 0.1) is 0 Å². The molecule has 0 saturated heterocycles. The highest BCUT2D eigenvalue weighted by Gasteiger charge is 2.15. The van der Waals surface area contributed by atoms with Crippen LogP contribution in [0.2, 0.25) is 0 Å². The number of aryl methyl sites for hydroxylation is 1. The number of benzene rings is 6. The van der Waals surface area contributed by atoms with Crippen LogP contribution in [0.4, 0.5) is 0 Å². The monoisotopic (exact) mass is 500 g/mol. The Balaban J connectivity index is 1.53. The molecule has 6 rings (SSSR count). The molecule has 0 heteroatoms. The molecule has 0 unspecified atom stereocenters. The summed E-state index contributed by atoms with van der Waals surface area (Å²) in [6, 6.07) is 52.8. The van der Waals surface area contributed by atoms with Crippen molar-refractivity contribution in [3.05, 3.63) is 157 Å². The van der Waals surface area contributed by atoms with Crippen LogP contribution in [0.25, 0.3) is 55.6 Å². The van der Waals surface area contributed by atoms with Crippen molar-refractivity contribution in [2.45, 2.75) is 20.3 Å². The Morgan fingerprint density at radius 2 is 0.821 bits per heavy atom. The topological polar surface area (TPSA) is 0 Å². The lowest BCUT2D eigenvalue weighted by atomic mass is 9.86. The van der Waals surface area contributed by atoms with E-state index in [0.29, 0.717) is 0 Å². The first-order valence-electron chi connectivity index (χ1n) is 13.8. The predicted octanol–water partition coefficient (Wildman–Crippen LogP) is 10.9. The van der Waals surface area contributed by atoms with E-state index in [9.17, 15) is 0 Å². The van der Waals surface area contributed by atoms with Crippen molar-refractivity contribution in [1.82, 2.24) is 0 Å². The fourth-order valence-electron chi connectivity index (χ4n) is 5.58. The first-order valence-corrected chi connectivity index (χ1v) is 13.8. The largest absolute Gasteiger partial charge is 0.0622 e. The quantitative estimate of drug-likeness (QED) is 0.213. The molecule has 0 heterocycles. The summed E-state index contributed by atoms with van der Waals surface area (Å²) >= 11 is 0. The average molecular weight is 501 g/mol. The van der Waals surface area contributed by atoms with Crippen molar-refractivity contribution in [2.75, 3.05) is 0 Å². The summed E-state index contributed by atoms with van der Waals surface area (Å²) in [6.45, 7) is 4.47. The number of rotatable bonds is 6. The van der Waals surface area contributed by atoms with E-state index < -0.39 is 0 Å². The molecule has 6 aromatic rings. The summed E-state index contributed by atoms with van der Waals surface area (Å²) in [5.74, 6) is 0. The third-order valence-corrected chi connectivity index (χ3v) is 7.62. The highest BCUT2D eigenvalue weighted by Crippen LogP contribution is 2.39. The minimum absolute atomic E-state index is 0.960. The lowest BCUT2D eigenvalue weighted by Crippen LogP contribution is -1.95. The minimum atomic E-state index is 0.960. The zero-order valence-corrected chi connectivity index (χ0v) is 22.6. The van der Waals surface area contributed by atoms with Gasteiger partial charge in [-0.05, 0) is 104 Å². The lowest BCUT2D eigenvalue weighted by Gasteiger charge is -2.18. The van der Waals surface area contributed by atoms with Gasteiger partial charge in [0.25, 0.3) is 0 Å². The third-order valence-electron chi connectivity index (χ3n) is 7.62. The van der Waals surface area contributed by atoms with Gasteiger partial charge >= 0.3 is 0 Å². The Bertz CT molecular complexity index is 1710. The second-order valence-electron chi connectivity index (χ2n) is 10.1. The molecular weight excluding hydrogens is 468 g/mol. The molecular formula is C39H32. The normalized spacial score (nSPS) is 10.9. The molecule has 0 aromatic heterocycles. The van der Waals surface area contributed by atoms with E-state index in [-0.39, 0.29) is 0 Å². The fraction of sp³-hybridized carbons (Fsp3) is 0.0769. The lowest BCUT2D eigenvalue weighted by molar-refractivity contribution is 1.14. The number of hydrogen-bond acceptors (Lipinski definition) is 0. The van der Waals surface area contributed by atoms with Crippen molar-refractivity contribution in [3.63, 3.8) is 0 Å². The van der Waals surface area contributed by atoms with Crippen LogP contribution >= 0.6 is 0 Å². The van der Waals surface area contributed by atoms with Crippen molar-refractivity contribution < 1.29 is 0 Å². The van der Waals surface area contributed by atoms with Gasteiger partial charge in [-0.15, -0.1) is 0 Å². The van der Waals surface area contributed by atoms with E-state index in [1.54, 1.807) is 0 Å². The highest BCUT2D eigenvalue weighted by atomic mass is 14.2. The van der Waals surface area contributed by atoms with E-state index in [1.807, 2.05) is 0 Å². The van der Waals surface area contributed by atoms with Crippen LogP contribution in [0.5, 0.6) is 0 Å². The predicted molar refractivity (Wildman–Crippen MR) is 168 cm³/mol. The Morgan fingerprint density at radius 3 is 1.41 bits per heavy atom. The van der Waals surface area contributed by atoms with E-state index in [1.165, 1.54) is 66.8 Å². The first-order chi connectivity index (χ1) is 19.2. The molecule has 0 aliphatic heterocycles. The maximum atomic E-state index is 2.38. The van der Waals surface area contributed by atoms with Gasteiger partial charge < -0.3 is 0 Å². The van der Waals surface area contributed by atoms with E-state index >= 15 is 0 Å². The van der Waals surface area contributed by atoms with Gasteiger partial charge in [0, 0.05) is 0 Å². The molecule has 6 aromatic carbocycles. The molecule has 0 atom stereocenters. The van der Waals surface area contributed by atoms with Gasteiger partial charge in [-0.25, -0.2) is 0 Å². The first kappa shape index (κ1) is 24.6. The maximum absolute atomic E-state index is 2.38. The molecule has 0 nitrogen and oxygen atoms in total. The van der Waals surface area contributed by atoms with Crippen molar-refractivity contribution in [3.8, 4) is 55.6 Å². The Hall–Kier alpha value is -4.68. The fourth-order valence-corrected chi connectivity index (χ4v) is 5.58. The second-order valence-corrected chi connectivity index (χ2v) is 10.1. The zero-order chi connectivity index (χ0) is 26.6. The summed E-state index contributed by atoms with van der Waals surface area (Å²) in [5, 5.41) is 0. The standard InChI is InChI=1S/C39H32/c1-3-36-38(31-18-11-6-12-19-31)26-35(30-16-9-5-10-17-30)27-39(36)34-21-13-20-33(24-34)37-25-32(23-22-28(37)2)29-14-7-4-8-15-29/h4-27H,3H2,1-2H3. The average Bonchev–Trinajstić information content (AvgIpc) is 3.02. The van der Waals surface area contributed by atoms with Gasteiger partial charge in [0.1, 0.15) is 0 Å². The van der Waals surface area contributed by atoms with Crippen molar-refractivity contribution in [1.29, 1.82) is 0 Å². The summed E-state index contributed by atoms with van der Waals surface area (Å²) in [6.07, 6.45) is 0.960. The zero-order valence-electron chi connectivity index (χ0n) is 22.6. The summed E-state index contributed by atoms with van der Waals surface area (Å²) < 4.78 is 0. The second kappa shape index (κ2) is 11.0. The molecule has 0 spiro atoms. The van der Waals surface area contributed by atoms with Gasteiger partial charge in [-0.3, -0.25) is 0 Å². The Labute approximate surface area is 232 Å². The van der Waals surface area contributed by atoms with Crippen LogP contribution in [0.3, 0.4) is 0 Å². The SMILES string of the molecule is CCc1c(-c2ccccc2)cc(-c2ccccc2)cc1-c1cccc(-c2cc(-c3ccccc3)ccc2C)c1. The number of hydrogen-bond donors (Lipinski definition) is 0. The van der Waals surface area contributed by atoms with E-state index in [2.05, 4.69) is 159 Å². The van der Waals surface area contributed by atoms with Crippen LogP contribution in [-0.2, 0) is 6.42 Å². The molecule has 188 valence electrons. The molecule has 0 N–H and O–H groups in total. The van der Waals surface area contributed by atoms with E-state index in [0.717, 1.165) is 6.42 Å². The molecule has 0 aliphatic carbocycles. The summed E-state index contributed by atoms with van der Waals surface area (Å²) in [4.78, 5) is 0. The maximum Gasteiger partial charge on any atom is -0.0139 e. The summed E-state index contributed by atoms with van der Waals surface area (Å²) in [5.41, 5.74) is 15.3. The van der Waals surface area contributed by atoms with Gasteiger partial charge in [0.15, 0.2) is 0 Å². The van der Waals surface area contributed by atoms with Gasteiger partial charge in [-0.1, -0.05) is 128 Å². The van der Waals surface area contributed by atoms with E-state index in [4.69, 9.17) is 0 Å². The van der Waals surface area contributed by atoms with Gasteiger partial charge in [-0.2, -0.15) is 0 Å². The molecule has 0 fully saturated rings. The minimum Gasteiger partial charge on any atom is -0.0622 e. The molecule has 0 saturated carbocycles. The molecule has 0 bridgehead atoms. The Morgan fingerprint density at radius 1 is 0.359 bits per heavy atom. The summed E-state index contributed by atoms with van der Waals surface area (Å²) in [7, 11) is 0. The molecule has 0 aliphatic rings. The van der Waals surface area contributed by atoms with Crippen LogP contribution in [0, 0.1) is 6.92 Å². The van der Waals surface area contributed by atoms with Crippen LogP contribution in [0.15, 0.2) is 146 Å². The Kier molecular flexibility index (Phi) is 6.93. The van der Waals surface area contributed by atoms with Gasteiger partial charge in [0.2, 0.25) is 0 Å². The van der Waals surface area contributed by atoms with Crippen LogP contribution < -0.4 is 0 Å². The molecule has 0 radical (unpaired) electrons. The third kappa shape index (κ3) is 5.07. The highest BCUT2D eigenvalue weighted by molar-refractivity contribution is 5.87. The van der Waals surface area contributed by atoms with Crippen molar-refractivity contribution in [2.24, 2.45) is 0 Å². The molecule has 39 heavy (non-hydrogen) atoms. The van der Waals surface area contributed by atoms with Crippen molar-refractivity contribution >= 4 is 0 Å². The van der Waals surface area contributed by atoms with Crippen LogP contribution in [0.1, 0.15) is 18.1 Å². The smallest absolute Gasteiger partial charge is 0.0139 e.